The highest BCUT2D eigenvalue weighted by molar-refractivity contribution is 6.21. The van der Waals surface area contributed by atoms with Crippen LogP contribution in [0.25, 0.3) is 0 Å². The molecule has 0 aromatic rings. The average Bonchev–Trinajstić information content (AvgIpc) is 2.30. The second-order valence-corrected chi connectivity index (χ2v) is 3.84. The van der Waals surface area contributed by atoms with E-state index in [1.807, 2.05) is 6.92 Å². The Balaban J connectivity index is 3.23. The third-order valence-corrected chi connectivity index (χ3v) is 3.01. The van der Waals surface area contributed by atoms with Crippen LogP contribution in [0, 0.1) is 0 Å². The van der Waals surface area contributed by atoms with Crippen molar-refractivity contribution in [2.24, 2.45) is 0 Å². The first-order valence-electron chi connectivity index (χ1n) is 5.00. The maximum absolute atomic E-state index is 11.8. The first kappa shape index (κ1) is 11.9. The van der Waals surface area contributed by atoms with Crippen LogP contribution in [0.5, 0.6) is 0 Å². The number of hydrogen-bond acceptors (Lipinski definition) is 3. The molecule has 1 aliphatic rings. The molecule has 0 radical (unpaired) electrons. The minimum Gasteiger partial charge on any atom is -0.352 e. The second kappa shape index (κ2) is 3.77. The average molecular weight is 211 g/mol. The van der Waals surface area contributed by atoms with Crippen LogP contribution < -0.4 is 0 Å². The molecule has 4 heteroatoms. The Bertz CT molecular complexity index is 346. The number of ether oxygens (including phenoxy) is 1. The summed E-state index contributed by atoms with van der Waals surface area (Å²) >= 11 is 0. The second-order valence-electron chi connectivity index (χ2n) is 3.84. The molecule has 84 valence electrons. The predicted octanol–water partition coefficient (Wildman–Crippen LogP) is 1.12. The largest absolute Gasteiger partial charge is 0.352 e. The van der Waals surface area contributed by atoms with Crippen LogP contribution in [0.15, 0.2) is 11.1 Å². The zero-order chi connectivity index (χ0) is 11.8. The molecule has 0 spiro atoms. The van der Waals surface area contributed by atoms with Gasteiger partial charge in [0.25, 0.3) is 5.91 Å². The first-order valence-corrected chi connectivity index (χ1v) is 5.00. The Labute approximate surface area is 89.9 Å². The van der Waals surface area contributed by atoms with Gasteiger partial charge in [0.05, 0.1) is 5.57 Å². The zero-order valence-corrected chi connectivity index (χ0v) is 9.88. The van der Waals surface area contributed by atoms with Gasteiger partial charge < -0.3 is 9.64 Å². The molecule has 1 amide bonds. The molecule has 0 aromatic heterocycles. The van der Waals surface area contributed by atoms with Gasteiger partial charge in [-0.3, -0.25) is 9.59 Å². The molecule has 1 heterocycles. The summed E-state index contributed by atoms with van der Waals surface area (Å²) in [6, 6.07) is 0. The fraction of sp³-hybridized carbons (Fsp3) is 0.636. The Morgan fingerprint density at radius 2 is 2.07 bits per heavy atom. The molecule has 0 N–H and O–H groups in total. The van der Waals surface area contributed by atoms with E-state index in [4.69, 9.17) is 4.74 Å². The highest BCUT2D eigenvalue weighted by Crippen LogP contribution is 2.35. The predicted molar refractivity (Wildman–Crippen MR) is 56.2 cm³/mol. The summed E-state index contributed by atoms with van der Waals surface area (Å²) in [5.41, 5.74) is 0.185. The molecule has 0 aromatic carbocycles. The highest BCUT2D eigenvalue weighted by Gasteiger charge is 2.46. The Kier molecular flexibility index (Phi) is 3.00. The first-order chi connectivity index (χ1) is 6.86. The SMILES string of the molecule is CCOC1(C)C(C)=C(C(C)=O)C(=O)N1C. The molecular weight excluding hydrogens is 194 g/mol. The van der Waals surface area contributed by atoms with Gasteiger partial charge in [-0.15, -0.1) is 0 Å². The minimum atomic E-state index is -0.771. The third kappa shape index (κ3) is 1.59. The summed E-state index contributed by atoms with van der Waals surface area (Å²) in [5.74, 6) is -0.455. The van der Waals surface area contributed by atoms with E-state index in [0.717, 1.165) is 0 Å². The van der Waals surface area contributed by atoms with Crippen LogP contribution >= 0.6 is 0 Å². The van der Waals surface area contributed by atoms with E-state index in [9.17, 15) is 9.59 Å². The van der Waals surface area contributed by atoms with Crippen molar-refractivity contribution in [2.45, 2.75) is 33.4 Å². The van der Waals surface area contributed by atoms with E-state index >= 15 is 0 Å². The summed E-state index contributed by atoms with van der Waals surface area (Å²) in [5, 5.41) is 0. The molecule has 15 heavy (non-hydrogen) atoms. The molecule has 1 rings (SSSR count). The molecule has 1 atom stereocenters. The number of carbonyl (C=O) groups excluding carboxylic acids is 2. The lowest BCUT2D eigenvalue weighted by Gasteiger charge is -2.33. The fourth-order valence-corrected chi connectivity index (χ4v) is 1.91. The Morgan fingerprint density at radius 3 is 2.40 bits per heavy atom. The lowest BCUT2D eigenvalue weighted by molar-refractivity contribution is -0.145. The Morgan fingerprint density at radius 1 is 1.53 bits per heavy atom. The zero-order valence-electron chi connectivity index (χ0n) is 9.88. The van der Waals surface area contributed by atoms with E-state index in [1.54, 1.807) is 20.9 Å². The number of amides is 1. The van der Waals surface area contributed by atoms with Crippen LogP contribution in [0.2, 0.25) is 0 Å². The lowest BCUT2D eigenvalue weighted by atomic mass is 10.0. The van der Waals surface area contributed by atoms with Gasteiger partial charge in [0.1, 0.15) is 0 Å². The normalized spacial score (nSPS) is 26.5. The minimum absolute atomic E-state index is 0.201. The number of likely N-dealkylation sites (N-methyl/N-ethyl adjacent to an activating group) is 1. The van der Waals surface area contributed by atoms with Gasteiger partial charge in [-0.25, -0.2) is 0 Å². The summed E-state index contributed by atoms with van der Waals surface area (Å²) in [6.07, 6.45) is 0. The van der Waals surface area contributed by atoms with Crippen molar-refractivity contribution >= 4 is 11.7 Å². The monoisotopic (exact) mass is 211 g/mol. The molecule has 0 aliphatic carbocycles. The van der Waals surface area contributed by atoms with Crippen molar-refractivity contribution in [3.8, 4) is 0 Å². The van der Waals surface area contributed by atoms with Gasteiger partial charge in [0.2, 0.25) is 0 Å². The number of Topliss-reactive ketones (excluding diaryl/α,β-unsaturated/α-hetero) is 1. The van der Waals surface area contributed by atoms with Crippen molar-refractivity contribution in [3.63, 3.8) is 0 Å². The summed E-state index contributed by atoms with van der Waals surface area (Å²) in [6.45, 7) is 7.34. The molecule has 0 bridgehead atoms. The van der Waals surface area contributed by atoms with Crippen molar-refractivity contribution in [1.82, 2.24) is 4.90 Å². The van der Waals surface area contributed by atoms with Crippen LogP contribution in [-0.4, -0.2) is 36.0 Å². The van der Waals surface area contributed by atoms with Crippen LogP contribution in [0.1, 0.15) is 27.7 Å². The molecular formula is C11H17NO3. The van der Waals surface area contributed by atoms with Crippen molar-refractivity contribution in [3.05, 3.63) is 11.1 Å². The van der Waals surface area contributed by atoms with Crippen LogP contribution in [0.3, 0.4) is 0 Å². The van der Waals surface area contributed by atoms with Crippen molar-refractivity contribution in [2.75, 3.05) is 13.7 Å². The smallest absolute Gasteiger partial charge is 0.259 e. The number of carbonyl (C=O) groups is 2. The maximum Gasteiger partial charge on any atom is 0.259 e. The van der Waals surface area contributed by atoms with Crippen molar-refractivity contribution < 1.29 is 14.3 Å². The van der Waals surface area contributed by atoms with Gasteiger partial charge in [-0.05, 0) is 33.3 Å². The van der Waals surface area contributed by atoms with E-state index in [0.29, 0.717) is 12.2 Å². The van der Waals surface area contributed by atoms with Crippen molar-refractivity contribution in [1.29, 1.82) is 0 Å². The molecule has 0 fully saturated rings. The molecule has 4 nitrogen and oxygen atoms in total. The molecule has 1 aliphatic heterocycles. The number of rotatable bonds is 3. The quantitative estimate of drug-likeness (QED) is 0.657. The maximum atomic E-state index is 11.8. The van der Waals surface area contributed by atoms with E-state index < -0.39 is 5.72 Å². The topological polar surface area (TPSA) is 46.6 Å². The van der Waals surface area contributed by atoms with E-state index in [1.165, 1.54) is 11.8 Å². The van der Waals surface area contributed by atoms with Gasteiger partial charge >= 0.3 is 0 Å². The summed E-state index contributed by atoms with van der Waals surface area (Å²) in [7, 11) is 1.65. The molecule has 0 saturated heterocycles. The standard InChI is InChI=1S/C11H17NO3/c1-6-15-11(4)7(2)9(8(3)13)10(14)12(11)5/h6H2,1-5H3. The number of nitrogens with zero attached hydrogens (tertiary/aromatic N) is 1. The third-order valence-electron chi connectivity index (χ3n) is 3.01. The van der Waals surface area contributed by atoms with Gasteiger partial charge in [0, 0.05) is 13.7 Å². The molecule has 0 saturated carbocycles. The number of hydrogen-bond donors (Lipinski definition) is 0. The lowest BCUT2D eigenvalue weighted by Crippen LogP contribution is -2.45. The molecule has 1 unspecified atom stereocenters. The van der Waals surface area contributed by atoms with Gasteiger partial charge in [-0.2, -0.15) is 0 Å². The van der Waals surface area contributed by atoms with E-state index in [2.05, 4.69) is 0 Å². The number of ketones is 1. The summed E-state index contributed by atoms with van der Waals surface area (Å²) in [4.78, 5) is 24.6. The van der Waals surface area contributed by atoms with Gasteiger partial charge in [0.15, 0.2) is 11.5 Å². The highest BCUT2D eigenvalue weighted by atomic mass is 16.5. The Hall–Kier alpha value is -1.16. The van der Waals surface area contributed by atoms with Crippen LogP contribution in [-0.2, 0) is 14.3 Å². The fourth-order valence-electron chi connectivity index (χ4n) is 1.91. The van der Waals surface area contributed by atoms with E-state index in [-0.39, 0.29) is 17.3 Å². The van der Waals surface area contributed by atoms with Crippen LogP contribution in [0.4, 0.5) is 0 Å². The van der Waals surface area contributed by atoms with Gasteiger partial charge in [-0.1, -0.05) is 0 Å². The summed E-state index contributed by atoms with van der Waals surface area (Å²) < 4.78 is 5.56.